The Kier molecular flexibility index (Phi) is 3.82. The SMILES string of the molecule is O=c1cc(-c2cccc([N+](=O)[O-])c2)n(-c2ccccc2)c2ccccc12. The van der Waals surface area contributed by atoms with Crippen LogP contribution in [0.25, 0.3) is 27.8 Å². The number of benzene rings is 3. The van der Waals surface area contributed by atoms with Gasteiger partial charge in [-0.2, -0.15) is 0 Å². The number of fused-ring (bicyclic) bond motifs is 1. The van der Waals surface area contributed by atoms with E-state index in [1.807, 2.05) is 53.1 Å². The molecule has 26 heavy (non-hydrogen) atoms. The lowest BCUT2D eigenvalue weighted by Gasteiger charge is -2.17. The number of nitro groups is 1. The van der Waals surface area contributed by atoms with Crippen LogP contribution < -0.4 is 5.43 Å². The highest BCUT2D eigenvalue weighted by Gasteiger charge is 2.14. The number of nitro benzene ring substituents is 1. The molecule has 0 aliphatic heterocycles. The van der Waals surface area contributed by atoms with E-state index in [4.69, 9.17) is 0 Å². The van der Waals surface area contributed by atoms with Crippen molar-refractivity contribution >= 4 is 16.6 Å². The predicted octanol–water partition coefficient (Wildman–Crippen LogP) is 4.57. The van der Waals surface area contributed by atoms with Gasteiger partial charge in [-0.3, -0.25) is 14.9 Å². The molecular formula is C21H14N2O3. The van der Waals surface area contributed by atoms with Crippen LogP contribution in [0.2, 0.25) is 0 Å². The molecule has 5 nitrogen and oxygen atoms in total. The normalized spacial score (nSPS) is 10.8. The Balaban J connectivity index is 2.11. The summed E-state index contributed by atoms with van der Waals surface area (Å²) in [7, 11) is 0. The van der Waals surface area contributed by atoms with Crippen LogP contribution in [-0.4, -0.2) is 9.49 Å². The van der Waals surface area contributed by atoms with E-state index in [1.165, 1.54) is 18.2 Å². The second-order valence-corrected chi connectivity index (χ2v) is 5.89. The Morgan fingerprint density at radius 2 is 1.54 bits per heavy atom. The molecule has 0 atom stereocenters. The molecule has 0 fully saturated rings. The summed E-state index contributed by atoms with van der Waals surface area (Å²) in [6, 6.07) is 24.9. The Morgan fingerprint density at radius 1 is 0.808 bits per heavy atom. The van der Waals surface area contributed by atoms with E-state index in [1.54, 1.807) is 18.2 Å². The van der Waals surface area contributed by atoms with Crippen LogP contribution >= 0.6 is 0 Å². The largest absolute Gasteiger partial charge is 0.309 e. The molecule has 0 N–H and O–H groups in total. The van der Waals surface area contributed by atoms with Crippen LogP contribution in [0.15, 0.2) is 89.7 Å². The third kappa shape index (κ3) is 2.65. The van der Waals surface area contributed by atoms with Crippen molar-refractivity contribution in [2.45, 2.75) is 0 Å². The van der Waals surface area contributed by atoms with Crippen molar-refractivity contribution in [3.8, 4) is 16.9 Å². The van der Waals surface area contributed by atoms with Gasteiger partial charge in [0.05, 0.1) is 16.1 Å². The zero-order valence-electron chi connectivity index (χ0n) is 13.7. The molecule has 1 aromatic heterocycles. The van der Waals surface area contributed by atoms with Crippen LogP contribution in [0, 0.1) is 10.1 Å². The van der Waals surface area contributed by atoms with Gasteiger partial charge in [-0.1, -0.05) is 42.5 Å². The molecule has 5 heteroatoms. The molecule has 0 spiro atoms. The number of aromatic nitrogens is 1. The lowest BCUT2D eigenvalue weighted by molar-refractivity contribution is -0.384. The first-order valence-electron chi connectivity index (χ1n) is 8.10. The van der Waals surface area contributed by atoms with Gasteiger partial charge >= 0.3 is 0 Å². The van der Waals surface area contributed by atoms with E-state index in [0.717, 1.165) is 11.2 Å². The van der Waals surface area contributed by atoms with Gasteiger partial charge in [-0.05, 0) is 24.3 Å². The number of pyridine rings is 1. The number of hydrogen-bond acceptors (Lipinski definition) is 3. The summed E-state index contributed by atoms with van der Waals surface area (Å²) in [5.74, 6) is 0. The van der Waals surface area contributed by atoms with Gasteiger partial charge in [0.1, 0.15) is 0 Å². The highest BCUT2D eigenvalue weighted by Crippen LogP contribution is 2.28. The monoisotopic (exact) mass is 342 g/mol. The molecule has 1 heterocycles. The molecule has 4 rings (SSSR count). The lowest BCUT2D eigenvalue weighted by atomic mass is 10.1. The van der Waals surface area contributed by atoms with E-state index in [2.05, 4.69) is 0 Å². The molecule has 0 aliphatic carbocycles. The fraction of sp³-hybridized carbons (Fsp3) is 0. The third-order valence-electron chi connectivity index (χ3n) is 4.29. The number of hydrogen-bond donors (Lipinski definition) is 0. The first kappa shape index (κ1) is 15.8. The summed E-state index contributed by atoms with van der Waals surface area (Å²) in [4.78, 5) is 23.3. The van der Waals surface area contributed by atoms with E-state index in [9.17, 15) is 14.9 Å². The Bertz CT molecular complexity index is 1180. The van der Waals surface area contributed by atoms with E-state index < -0.39 is 4.92 Å². The molecule has 3 aromatic carbocycles. The first-order valence-corrected chi connectivity index (χ1v) is 8.10. The minimum Gasteiger partial charge on any atom is -0.309 e. The second-order valence-electron chi connectivity index (χ2n) is 5.89. The van der Waals surface area contributed by atoms with Gasteiger partial charge in [-0.25, -0.2) is 0 Å². The van der Waals surface area contributed by atoms with Crippen molar-refractivity contribution in [2.75, 3.05) is 0 Å². The van der Waals surface area contributed by atoms with Crippen molar-refractivity contribution in [3.63, 3.8) is 0 Å². The maximum Gasteiger partial charge on any atom is 0.270 e. The predicted molar refractivity (Wildman–Crippen MR) is 102 cm³/mol. The molecule has 0 unspecified atom stereocenters. The van der Waals surface area contributed by atoms with Gasteiger partial charge in [0.2, 0.25) is 0 Å². The Morgan fingerprint density at radius 3 is 2.31 bits per heavy atom. The zero-order valence-corrected chi connectivity index (χ0v) is 13.7. The van der Waals surface area contributed by atoms with Crippen molar-refractivity contribution in [1.29, 1.82) is 0 Å². The van der Waals surface area contributed by atoms with Gasteiger partial charge < -0.3 is 4.57 Å². The molecule has 0 bridgehead atoms. The van der Waals surface area contributed by atoms with Crippen LogP contribution in [0.3, 0.4) is 0 Å². The average Bonchev–Trinajstić information content (AvgIpc) is 2.68. The summed E-state index contributed by atoms with van der Waals surface area (Å²) in [6.07, 6.45) is 0. The molecule has 0 radical (unpaired) electrons. The molecule has 0 saturated heterocycles. The van der Waals surface area contributed by atoms with Crippen LogP contribution in [0.4, 0.5) is 5.69 Å². The molecule has 0 saturated carbocycles. The van der Waals surface area contributed by atoms with Crippen LogP contribution in [0.1, 0.15) is 0 Å². The maximum atomic E-state index is 12.6. The first-order chi connectivity index (χ1) is 12.6. The molecule has 126 valence electrons. The molecule has 0 aliphatic rings. The van der Waals surface area contributed by atoms with Gasteiger partial charge in [0.15, 0.2) is 5.43 Å². The fourth-order valence-electron chi connectivity index (χ4n) is 3.12. The van der Waals surface area contributed by atoms with E-state index in [0.29, 0.717) is 16.6 Å². The van der Waals surface area contributed by atoms with Crippen LogP contribution in [-0.2, 0) is 0 Å². The molecular weight excluding hydrogens is 328 g/mol. The maximum absolute atomic E-state index is 12.6. The lowest BCUT2D eigenvalue weighted by Crippen LogP contribution is -2.10. The van der Waals surface area contributed by atoms with Gasteiger partial charge in [0, 0.05) is 34.8 Å². The van der Waals surface area contributed by atoms with Gasteiger partial charge in [0.25, 0.3) is 5.69 Å². The fourth-order valence-corrected chi connectivity index (χ4v) is 3.12. The number of para-hydroxylation sites is 2. The van der Waals surface area contributed by atoms with Crippen molar-refractivity contribution in [3.05, 3.63) is 105 Å². The standard InChI is InChI=1S/C21H14N2O3/c24-21-14-20(15-7-6-10-17(13-15)23(25)26)22(16-8-2-1-3-9-16)19-12-5-4-11-18(19)21/h1-14H. The average molecular weight is 342 g/mol. The van der Waals surface area contributed by atoms with E-state index in [-0.39, 0.29) is 11.1 Å². The van der Waals surface area contributed by atoms with Crippen molar-refractivity contribution in [2.24, 2.45) is 0 Å². The highest BCUT2D eigenvalue weighted by atomic mass is 16.6. The molecule has 4 aromatic rings. The summed E-state index contributed by atoms with van der Waals surface area (Å²) in [6.45, 7) is 0. The third-order valence-corrected chi connectivity index (χ3v) is 4.29. The summed E-state index contributed by atoms with van der Waals surface area (Å²) < 4.78 is 1.95. The van der Waals surface area contributed by atoms with Crippen molar-refractivity contribution < 1.29 is 4.92 Å². The van der Waals surface area contributed by atoms with Crippen LogP contribution in [0.5, 0.6) is 0 Å². The summed E-state index contributed by atoms with van der Waals surface area (Å²) in [5.41, 5.74) is 2.74. The van der Waals surface area contributed by atoms with E-state index >= 15 is 0 Å². The molecule has 0 amide bonds. The van der Waals surface area contributed by atoms with Gasteiger partial charge in [-0.15, -0.1) is 0 Å². The minimum atomic E-state index is -0.435. The van der Waals surface area contributed by atoms with Crippen molar-refractivity contribution in [1.82, 2.24) is 4.57 Å². The summed E-state index contributed by atoms with van der Waals surface area (Å²) >= 11 is 0. The highest BCUT2D eigenvalue weighted by molar-refractivity contribution is 5.85. The Labute approximate surface area is 148 Å². The minimum absolute atomic E-state index is 0.0114. The number of non-ortho nitro benzene ring substituents is 1. The second kappa shape index (κ2) is 6.29. The summed E-state index contributed by atoms with van der Waals surface area (Å²) in [5, 5.41) is 11.8. The Hall–Kier alpha value is -3.73. The zero-order chi connectivity index (χ0) is 18.1. The number of rotatable bonds is 3. The number of nitrogens with zero attached hydrogens (tertiary/aromatic N) is 2. The quantitative estimate of drug-likeness (QED) is 0.405. The smallest absolute Gasteiger partial charge is 0.270 e. The topological polar surface area (TPSA) is 65.1 Å².